The number of fused-ring (bicyclic) bond motifs is 2. The Kier molecular flexibility index (Phi) is 3.88. The Hall–Kier alpha value is -2.60. The Labute approximate surface area is 162 Å². The zero-order valence-electron chi connectivity index (χ0n) is 16.6. The van der Waals surface area contributed by atoms with E-state index in [9.17, 15) is 9.59 Å². The van der Waals surface area contributed by atoms with E-state index in [0.29, 0.717) is 12.4 Å². The average molecular weight is 379 g/mol. The van der Waals surface area contributed by atoms with Crippen molar-refractivity contribution >= 4 is 21.8 Å². The topological polar surface area (TPSA) is 56.5 Å². The molecule has 0 unspecified atom stereocenters. The third-order valence-corrected chi connectivity index (χ3v) is 6.36. The summed E-state index contributed by atoms with van der Waals surface area (Å²) in [6.45, 7) is 7.35. The summed E-state index contributed by atoms with van der Waals surface area (Å²) in [5.74, 6) is 0.661. The molecule has 6 heteroatoms. The summed E-state index contributed by atoms with van der Waals surface area (Å²) >= 11 is 0. The van der Waals surface area contributed by atoms with Gasteiger partial charge >= 0.3 is 0 Å². The number of hydrogen-bond donors (Lipinski definition) is 0. The zero-order chi connectivity index (χ0) is 19.6. The highest BCUT2D eigenvalue weighted by molar-refractivity contribution is 6.04. The summed E-state index contributed by atoms with van der Waals surface area (Å²) in [5, 5.41) is 2.02. The summed E-state index contributed by atoms with van der Waals surface area (Å²) in [7, 11) is 1.77. The Morgan fingerprint density at radius 1 is 0.964 bits per heavy atom. The van der Waals surface area contributed by atoms with Crippen molar-refractivity contribution in [3.63, 3.8) is 0 Å². The fourth-order valence-corrected chi connectivity index (χ4v) is 4.87. The van der Waals surface area contributed by atoms with E-state index < -0.39 is 0 Å². The number of rotatable bonds is 2. The van der Waals surface area contributed by atoms with E-state index in [-0.39, 0.29) is 17.2 Å². The molecule has 0 aliphatic carbocycles. The molecule has 0 saturated carbocycles. The lowest BCUT2D eigenvalue weighted by Crippen LogP contribution is -2.39. The number of likely N-dealkylation sites (tertiary alicyclic amines) is 1. The van der Waals surface area contributed by atoms with Crippen molar-refractivity contribution < 1.29 is 4.74 Å². The Bertz CT molecular complexity index is 1230. The average Bonchev–Trinajstić information content (AvgIpc) is 3.17. The molecule has 146 valence electrons. The van der Waals surface area contributed by atoms with Gasteiger partial charge in [0.05, 0.1) is 17.1 Å². The molecular formula is C22H25N3O3. The lowest BCUT2D eigenvalue weighted by molar-refractivity contribution is 0.186. The molecule has 5 rings (SSSR count). The molecule has 0 radical (unpaired) electrons. The molecular weight excluding hydrogens is 354 g/mol. The fourth-order valence-electron chi connectivity index (χ4n) is 4.87. The van der Waals surface area contributed by atoms with Crippen LogP contribution in [0.4, 0.5) is 0 Å². The van der Waals surface area contributed by atoms with E-state index in [2.05, 4.69) is 11.0 Å². The minimum atomic E-state index is -0.0649. The van der Waals surface area contributed by atoms with E-state index in [1.165, 1.54) is 12.8 Å². The molecule has 0 N–H and O–H groups in total. The lowest BCUT2D eigenvalue weighted by Gasteiger charge is -2.32. The first-order valence-electron chi connectivity index (χ1n) is 10.00. The van der Waals surface area contributed by atoms with Gasteiger partial charge in [-0.3, -0.25) is 14.2 Å². The maximum atomic E-state index is 13.0. The second-order valence-corrected chi connectivity index (χ2v) is 8.23. The number of aromatic nitrogens is 2. The van der Waals surface area contributed by atoms with Crippen LogP contribution in [0.2, 0.25) is 0 Å². The van der Waals surface area contributed by atoms with Gasteiger partial charge in [0.25, 0.3) is 11.1 Å². The van der Waals surface area contributed by atoms with Crippen molar-refractivity contribution in [1.29, 1.82) is 0 Å². The quantitative estimate of drug-likeness (QED) is 0.642. The normalized spacial score (nSPS) is 19.5. The van der Waals surface area contributed by atoms with Crippen LogP contribution in [-0.4, -0.2) is 40.3 Å². The van der Waals surface area contributed by atoms with E-state index >= 15 is 0 Å². The van der Waals surface area contributed by atoms with Gasteiger partial charge in [0.2, 0.25) is 0 Å². The minimum absolute atomic E-state index is 0.00995. The summed E-state index contributed by atoms with van der Waals surface area (Å²) in [6.07, 6.45) is 2.43. The Morgan fingerprint density at radius 2 is 1.61 bits per heavy atom. The van der Waals surface area contributed by atoms with Crippen molar-refractivity contribution in [3.8, 4) is 5.75 Å². The van der Waals surface area contributed by atoms with Crippen LogP contribution < -0.4 is 15.9 Å². The summed E-state index contributed by atoms with van der Waals surface area (Å²) in [4.78, 5) is 27.9. The molecule has 1 saturated heterocycles. The molecule has 2 aliphatic rings. The largest absolute Gasteiger partial charge is 0.487 e. The molecule has 1 fully saturated rings. The van der Waals surface area contributed by atoms with Gasteiger partial charge < -0.3 is 14.2 Å². The predicted octanol–water partition coefficient (Wildman–Crippen LogP) is 2.50. The number of hydrogen-bond acceptors (Lipinski definition) is 4. The van der Waals surface area contributed by atoms with Gasteiger partial charge in [-0.2, -0.15) is 0 Å². The number of benzene rings is 1. The number of aryl methyl sites for hydroxylation is 3. The van der Waals surface area contributed by atoms with Crippen LogP contribution in [0.1, 0.15) is 30.0 Å². The van der Waals surface area contributed by atoms with Crippen LogP contribution >= 0.6 is 0 Å². The third-order valence-electron chi connectivity index (χ3n) is 6.36. The highest BCUT2D eigenvalue weighted by Gasteiger charge is 2.29. The molecule has 0 amide bonds. The van der Waals surface area contributed by atoms with E-state index in [4.69, 9.17) is 4.74 Å². The maximum absolute atomic E-state index is 13.0. The number of ether oxygens (including phenoxy) is 1. The highest BCUT2D eigenvalue weighted by Crippen LogP contribution is 2.39. The monoisotopic (exact) mass is 379 g/mol. The van der Waals surface area contributed by atoms with Crippen LogP contribution in [0.15, 0.2) is 27.8 Å². The fraction of sp³-hybridized carbons (Fsp3) is 0.455. The van der Waals surface area contributed by atoms with Crippen LogP contribution in [0, 0.1) is 13.8 Å². The molecule has 3 aromatic rings. The van der Waals surface area contributed by atoms with E-state index in [1.807, 2.05) is 18.4 Å². The second-order valence-electron chi connectivity index (χ2n) is 8.23. The molecule has 0 bridgehead atoms. The standard InChI is InChI=1S/C22H25N3O3/c1-13-8-18(26)23(3)20-16(13)10-17-14(2)9-19(27)25-15(11-24-6-4-5-7-24)12-28-22(20)21(17)25/h8-10,15H,4-7,11-12H2,1-3H3/t15-/m0/s1. The number of pyridine rings is 2. The van der Waals surface area contributed by atoms with Crippen molar-refractivity contribution in [2.75, 3.05) is 26.2 Å². The summed E-state index contributed by atoms with van der Waals surface area (Å²) < 4.78 is 9.83. The zero-order valence-corrected chi connectivity index (χ0v) is 16.6. The van der Waals surface area contributed by atoms with Crippen LogP contribution in [0.5, 0.6) is 5.75 Å². The van der Waals surface area contributed by atoms with Crippen molar-refractivity contribution in [3.05, 3.63) is 50.0 Å². The minimum Gasteiger partial charge on any atom is -0.487 e. The molecule has 1 aromatic carbocycles. The van der Waals surface area contributed by atoms with Gasteiger partial charge in [-0.05, 0) is 57.0 Å². The first-order chi connectivity index (χ1) is 13.5. The van der Waals surface area contributed by atoms with Crippen LogP contribution in [-0.2, 0) is 7.05 Å². The molecule has 0 spiro atoms. The summed E-state index contributed by atoms with van der Waals surface area (Å²) in [5.41, 5.74) is 3.42. The predicted molar refractivity (Wildman–Crippen MR) is 111 cm³/mol. The van der Waals surface area contributed by atoms with Crippen molar-refractivity contribution in [1.82, 2.24) is 14.0 Å². The first-order valence-corrected chi connectivity index (χ1v) is 10.00. The Balaban J connectivity index is 1.86. The van der Waals surface area contributed by atoms with Gasteiger partial charge in [0, 0.05) is 36.5 Å². The second kappa shape index (κ2) is 6.21. The molecule has 4 heterocycles. The van der Waals surface area contributed by atoms with E-state index in [1.54, 1.807) is 23.7 Å². The van der Waals surface area contributed by atoms with Crippen molar-refractivity contribution in [2.45, 2.75) is 32.7 Å². The van der Waals surface area contributed by atoms with Gasteiger partial charge in [-0.15, -0.1) is 0 Å². The molecule has 28 heavy (non-hydrogen) atoms. The number of nitrogens with zero attached hydrogens (tertiary/aromatic N) is 3. The summed E-state index contributed by atoms with van der Waals surface area (Å²) in [6, 6.07) is 5.49. The molecule has 1 atom stereocenters. The Morgan fingerprint density at radius 3 is 2.32 bits per heavy atom. The SMILES string of the molecule is Cc1cc(=O)n(C)c2c3c4c(cc12)c(C)cc(=O)n4[C@@H](CN1CCCC1)CO3. The van der Waals surface area contributed by atoms with Gasteiger partial charge in [0.15, 0.2) is 5.75 Å². The van der Waals surface area contributed by atoms with Gasteiger partial charge in [0.1, 0.15) is 6.61 Å². The van der Waals surface area contributed by atoms with Gasteiger partial charge in [-0.25, -0.2) is 0 Å². The van der Waals surface area contributed by atoms with Crippen LogP contribution in [0.3, 0.4) is 0 Å². The first kappa shape index (κ1) is 17.5. The lowest BCUT2D eigenvalue weighted by atomic mass is 10.0. The third kappa shape index (κ3) is 2.44. The molecule has 6 nitrogen and oxygen atoms in total. The molecule has 2 aromatic heterocycles. The van der Waals surface area contributed by atoms with Gasteiger partial charge in [-0.1, -0.05) is 0 Å². The highest BCUT2D eigenvalue weighted by atomic mass is 16.5. The van der Waals surface area contributed by atoms with E-state index in [0.717, 1.165) is 52.6 Å². The molecule has 2 aliphatic heterocycles. The van der Waals surface area contributed by atoms with Crippen molar-refractivity contribution in [2.24, 2.45) is 7.05 Å². The maximum Gasteiger partial charge on any atom is 0.251 e. The van der Waals surface area contributed by atoms with Crippen LogP contribution in [0.25, 0.3) is 21.8 Å². The smallest absolute Gasteiger partial charge is 0.251 e.